The Morgan fingerprint density at radius 3 is 2.60 bits per heavy atom. The Hall–Kier alpha value is -4.42. The van der Waals surface area contributed by atoms with Crippen molar-refractivity contribution in [3.05, 3.63) is 72.1 Å². The fraction of sp³-hybridized carbons (Fsp3) is 0.217. The first-order chi connectivity index (χ1) is 17.2. The number of amides is 1. The summed E-state index contributed by atoms with van der Waals surface area (Å²) in [6, 6.07) is 16.6. The molecule has 0 bridgehead atoms. The summed E-state index contributed by atoms with van der Waals surface area (Å²) >= 11 is 0. The largest absolute Gasteiger partial charge is 0.372 e. The molecule has 12 nitrogen and oxygen atoms in total. The van der Waals surface area contributed by atoms with E-state index in [1.165, 1.54) is 0 Å². The maximum atomic E-state index is 13.0. The van der Waals surface area contributed by atoms with Gasteiger partial charge in [-0.15, -0.1) is 5.10 Å². The molecule has 3 aromatic heterocycles. The number of nitrogens with one attached hydrogen (secondary N) is 2. The Morgan fingerprint density at radius 2 is 1.83 bits per heavy atom. The van der Waals surface area contributed by atoms with Crippen LogP contribution in [0.3, 0.4) is 0 Å². The van der Waals surface area contributed by atoms with E-state index in [-0.39, 0.29) is 5.91 Å². The monoisotopic (exact) mass is 470 g/mol. The van der Waals surface area contributed by atoms with Crippen LogP contribution in [0.15, 0.2) is 60.8 Å². The predicted molar refractivity (Wildman–Crippen MR) is 127 cm³/mol. The fourth-order valence-corrected chi connectivity index (χ4v) is 4.28. The Labute approximate surface area is 199 Å². The molecule has 4 heterocycles. The van der Waals surface area contributed by atoms with Gasteiger partial charge in [-0.05, 0) is 52.9 Å². The number of tetrazole rings is 1. The molecule has 0 radical (unpaired) electrons. The minimum absolute atomic E-state index is 0.0416. The zero-order chi connectivity index (χ0) is 23.8. The maximum Gasteiger partial charge on any atom is 0.253 e. The number of nitrogens with zero attached hydrogens (tertiary/aromatic N) is 8. The van der Waals surface area contributed by atoms with Crippen molar-refractivity contribution in [1.29, 1.82) is 0 Å². The summed E-state index contributed by atoms with van der Waals surface area (Å²) in [5, 5.41) is 32.3. The van der Waals surface area contributed by atoms with Crippen LogP contribution in [0.2, 0.25) is 0 Å². The molecule has 0 spiro atoms. The van der Waals surface area contributed by atoms with Crippen molar-refractivity contribution in [3.63, 3.8) is 0 Å². The molecule has 2 aromatic carbocycles. The molecule has 1 unspecified atom stereocenters. The van der Waals surface area contributed by atoms with Crippen molar-refractivity contribution in [3.8, 4) is 0 Å². The van der Waals surface area contributed by atoms with E-state index in [9.17, 15) is 9.90 Å². The van der Waals surface area contributed by atoms with Crippen LogP contribution in [0, 0.1) is 0 Å². The van der Waals surface area contributed by atoms with E-state index in [4.69, 9.17) is 0 Å². The van der Waals surface area contributed by atoms with Crippen LogP contribution >= 0.6 is 0 Å². The number of anilines is 2. The summed E-state index contributed by atoms with van der Waals surface area (Å²) in [4.78, 5) is 21.4. The first-order valence-electron chi connectivity index (χ1n) is 11.2. The highest BCUT2D eigenvalue weighted by Crippen LogP contribution is 2.23. The van der Waals surface area contributed by atoms with Gasteiger partial charge in [0.2, 0.25) is 5.65 Å². The Balaban J connectivity index is 1.14. The molecule has 1 fully saturated rings. The standard InChI is InChI=1S/C23H22N10O2/c34-22(31-11-13-32(14-12-31)23(35)18-9-10-24-27-18)15-5-7-16(8-6-15)25-20-21-28-29-30-33(21)19-4-2-1-3-17(19)26-20/h1-10,23,35H,11-14H2,(H,24,27)(H,25,26). The number of fused-ring (bicyclic) bond motifs is 3. The average molecular weight is 470 g/mol. The van der Waals surface area contributed by atoms with Crippen LogP contribution in [0.25, 0.3) is 16.7 Å². The van der Waals surface area contributed by atoms with Crippen LogP contribution in [0.5, 0.6) is 0 Å². The third kappa shape index (κ3) is 3.94. The highest BCUT2D eigenvalue weighted by molar-refractivity contribution is 5.95. The zero-order valence-electron chi connectivity index (χ0n) is 18.6. The molecule has 0 saturated carbocycles. The Morgan fingerprint density at radius 1 is 1.03 bits per heavy atom. The lowest BCUT2D eigenvalue weighted by Crippen LogP contribution is -2.49. The van der Waals surface area contributed by atoms with Crippen molar-refractivity contribution < 1.29 is 9.90 Å². The molecule has 1 atom stereocenters. The van der Waals surface area contributed by atoms with Crippen molar-refractivity contribution in [1.82, 2.24) is 45.0 Å². The number of benzene rings is 2. The van der Waals surface area contributed by atoms with Crippen molar-refractivity contribution in [2.45, 2.75) is 6.23 Å². The number of H-pyrrole nitrogens is 1. The van der Waals surface area contributed by atoms with Gasteiger partial charge in [0, 0.05) is 43.6 Å². The van der Waals surface area contributed by atoms with Gasteiger partial charge in [0.1, 0.15) is 6.23 Å². The third-order valence-electron chi connectivity index (χ3n) is 6.17. The first kappa shape index (κ1) is 21.1. The second-order valence-electron chi connectivity index (χ2n) is 8.28. The lowest BCUT2D eigenvalue weighted by atomic mass is 10.1. The maximum absolute atomic E-state index is 13.0. The Kier molecular flexibility index (Phi) is 5.28. The minimum Gasteiger partial charge on any atom is -0.372 e. The number of aliphatic hydroxyl groups excluding tert-OH is 1. The van der Waals surface area contributed by atoms with E-state index in [2.05, 4.69) is 36.0 Å². The number of aliphatic hydroxyl groups is 1. The lowest BCUT2D eigenvalue weighted by Gasteiger charge is -2.36. The molecule has 1 aliphatic rings. The summed E-state index contributed by atoms with van der Waals surface area (Å²) in [6.07, 6.45) is 0.856. The summed E-state index contributed by atoms with van der Waals surface area (Å²) in [6.45, 7) is 2.20. The number of piperazine rings is 1. The van der Waals surface area contributed by atoms with Gasteiger partial charge in [0.25, 0.3) is 5.91 Å². The lowest BCUT2D eigenvalue weighted by molar-refractivity contribution is -0.0266. The van der Waals surface area contributed by atoms with Crippen LogP contribution in [0.1, 0.15) is 22.3 Å². The molecular formula is C23H22N10O2. The molecule has 12 heteroatoms. The second kappa shape index (κ2) is 8.74. The molecule has 0 aliphatic carbocycles. The molecule has 35 heavy (non-hydrogen) atoms. The SMILES string of the molecule is O=C(c1ccc(Nc2nc3ccccc3n3nnnc23)cc1)N1CCN(C(O)c2ccn[nH]2)CC1. The molecule has 1 amide bonds. The summed E-state index contributed by atoms with van der Waals surface area (Å²) in [7, 11) is 0. The molecule has 176 valence electrons. The van der Waals surface area contributed by atoms with E-state index >= 15 is 0 Å². The topological polar surface area (TPSA) is 140 Å². The number of aromatic nitrogens is 7. The number of hydrogen-bond donors (Lipinski definition) is 3. The predicted octanol–water partition coefficient (Wildman–Crippen LogP) is 1.59. The summed E-state index contributed by atoms with van der Waals surface area (Å²) in [5.41, 5.74) is 4.10. The third-order valence-corrected chi connectivity index (χ3v) is 6.17. The highest BCUT2D eigenvalue weighted by Gasteiger charge is 2.27. The van der Waals surface area contributed by atoms with Gasteiger partial charge in [-0.2, -0.15) is 9.61 Å². The van der Waals surface area contributed by atoms with Crippen LogP contribution < -0.4 is 5.32 Å². The first-order valence-corrected chi connectivity index (χ1v) is 11.2. The van der Waals surface area contributed by atoms with Crippen LogP contribution in [-0.2, 0) is 0 Å². The Bertz CT molecular complexity index is 1470. The van der Waals surface area contributed by atoms with Crippen molar-refractivity contribution in [2.24, 2.45) is 0 Å². The zero-order valence-corrected chi connectivity index (χ0v) is 18.6. The molecule has 3 N–H and O–H groups in total. The van der Waals surface area contributed by atoms with Gasteiger partial charge in [-0.25, -0.2) is 4.98 Å². The average Bonchev–Trinajstić information content (AvgIpc) is 3.62. The fourth-order valence-electron chi connectivity index (χ4n) is 4.28. The minimum atomic E-state index is -0.754. The van der Waals surface area contributed by atoms with Gasteiger partial charge < -0.3 is 15.3 Å². The van der Waals surface area contributed by atoms with E-state index < -0.39 is 6.23 Å². The van der Waals surface area contributed by atoms with Crippen molar-refractivity contribution in [2.75, 3.05) is 31.5 Å². The number of aromatic amines is 1. The van der Waals surface area contributed by atoms with Gasteiger partial charge >= 0.3 is 0 Å². The summed E-state index contributed by atoms with van der Waals surface area (Å²) in [5.74, 6) is 0.486. The smallest absolute Gasteiger partial charge is 0.253 e. The van der Waals surface area contributed by atoms with Crippen LogP contribution in [0.4, 0.5) is 11.5 Å². The molecule has 6 rings (SSSR count). The van der Waals surface area contributed by atoms with Crippen molar-refractivity contribution >= 4 is 34.1 Å². The van der Waals surface area contributed by atoms with E-state index in [1.807, 2.05) is 41.3 Å². The van der Waals surface area contributed by atoms with Crippen LogP contribution in [-0.4, -0.2) is 82.2 Å². The normalized spacial score (nSPS) is 15.5. The van der Waals surface area contributed by atoms with Gasteiger partial charge in [-0.1, -0.05) is 12.1 Å². The van der Waals surface area contributed by atoms with Gasteiger partial charge in [0.15, 0.2) is 5.82 Å². The number of carbonyl (C=O) groups excluding carboxylic acids is 1. The van der Waals surface area contributed by atoms with E-state index in [0.717, 1.165) is 16.7 Å². The number of carbonyl (C=O) groups is 1. The number of para-hydroxylation sites is 2. The van der Waals surface area contributed by atoms with E-state index in [0.29, 0.717) is 48.9 Å². The highest BCUT2D eigenvalue weighted by atomic mass is 16.3. The van der Waals surface area contributed by atoms with Gasteiger partial charge in [0.05, 0.1) is 16.7 Å². The molecular weight excluding hydrogens is 448 g/mol. The molecule has 5 aromatic rings. The van der Waals surface area contributed by atoms with E-state index in [1.54, 1.807) is 33.8 Å². The number of rotatable bonds is 5. The van der Waals surface area contributed by atoms with Gasteiger partial charge in [-0.3, -0.25) is 14.8 Å². The second-order valence-corrected chi connectivity index (χ2v) is 8.28. The number of hydrogen-bond acceptors (Lipinski definition) is 9. The molecule has 1 aliphatic heterocycles. The summed E-state index contributed by atoms with van der Waals surface area (Å²) < 4.78 is 1.64. The quantitative estimate of drug-likeness (QED) is 0.349. The molecule has 1 saturated heterocycles.